The quantitative estimate of drug-likeness (QED) is 0.726. The molecule has 0 fully saturated rings. The van der Waals surface area contributed by atoms with Crippen molar-refractivity contribution >= 4 is 17.6 Å². The van der Waals surface area contributed by atoms with Crippen molar-refractivity contribution in [1.82, 2.24) is 5.32 Å². The van der Waals surface area contributed by atoms with E-state index in [1.54, 1.807) is 0 Å². The lowest BCUT2D eigenvalue weighted by molar-refractivity contribution is -0.118. The molecule has 0 radical (unpaired) electrons. The highest BCUT2D eigenvalue weighted by Crippen LogP contribution is 2.18. The molecule has 0 heterocycles. The second-order valence-electron chi connectivity index (χ2n) is 3.30. The van der Waals surface area contributed by atoms with Gasteiger partial charge in [-0.1, -0.05) is 0 Å². The molecule has 1 aromatic carbocycles. The van der Waals surface area contributed by atoms with E-state index in [1.165, 1.54) is 32.0 Å². The fourth-order valence-corrected chi connectivity index (χ4v) is 1.16. The Bertz CT molecular complexity index is 465. The number of amides is 2. The number of carbonyl (C=O) groups is 3. The molecule has 0 saturated carbocycles. The van der Waals surface area contributed by atoms with Gasteiger partial charge in [0, 0.05) is 12.5 Å². The zero-order valence-corrected chi connectivity index (χ0v) is 8.90. The summed E-state index contributed by atoms with van der Waals surface area (Å²) in [7, 11) is 0. The third-order valence-corrected chi connectivity index (χ3v) is 1.94. The molecule has 0 aromatic heterocycles. The number of benzene rings is 1. The van der Waals surface area contributed by atoms with Gasteiger partial charge in [-0.05, 0) is 25.1 Å². The summed E-state index contributed by atoms with van der Waals surface area (Å²) in [5, 5.41) is 11.4. The second kappa shape index (κ2) is 4.57. The Morgan fingerprint density at radius 2 is 1.81 bits per heavy atom. The van der Waals surface area contributed by atoms with Crippen LogP contribution in [0.25, 0.3) is 0 Å². The average molecular weight is 221 g/mol. The number of carbonyl (C=O) groups excluding carboxylic acids is 3. The molecule has 16 heavy (non-hydrogen) atoms. The maximum atomic E-state index is 11.4. The number of Topliss-reactive ketones (excluding diaryl/α,β-unsaturated/α-hetero) is 1. The first-order chi connectivity index (χ1) is 7.41. The van der Waals surface area contributed by atoms with Gasteiger partial charge in [0.15, 0.2) is 5.78 Å². The highest BCUT2D eigenvalue weighted by Gasteiger charge is 2.14. The van der Waals surface area contributed by atoms with Gasteiger partial charge in [-0.2, -0.15) is 0 Å². The number of nitrogens with one attached hydrogen (secondary N) is 1. The van der Waals surface area contributed by atoms with Gasteiger partial charge in [-0.15, -0.1) is 0 Å². The zero-order valence-electron chi connectivity index (χ0n) is 8.90. The number of ketones is 1. The van der Waals surface area contributed by atoms with E-state index in [1.807, 2.05) is 5.32 Å². The Kier molecular flexibility index (Phi) is 3.40. The number of phenols is 1. The summed E-state index contributed by atoms with van der Waals surface area (Å²) in [4.78, 5) is 33.2. The SMILES string of the molecule is CC(=O)NC(=O)c1cc(C(C)=O)ccc1O. The van der Waals surface area contributed by atoms with Gasteiger partial charge >= 0.3 is 0 Å². The minimum Gasteiger partial charge on any atom is -0.507 e. The predicted octanol–water partition coefficient (Wildman–Crippen LogP) is 0.871. The summed E-state index contributed by atoms with van der Waals surface area (Å²) in [6.07, 6.45) is 0. The summed E-state index contributed by atoms with van der Waals surface area (Å²) >= 11 is 0. The number of phenolic OH excluding ortho intramolecular Hbond substituents is 1. The van der Waals surface area contributed by atoms with Crippen LogP contribution in [0.2, 0.25) is 0 Å². The van der Waals surface area contributed by atoms with Gasteiger partial charge in [-0.3, -0.25) is 19.7 Å². The minimum absolute atomic E-state index is 0.0945. The number of aromatic hydroxyl groups is 1. The van der Waals surface area contributed by atoms with Crippen LogP contribution in [-0.2, 0) is 4.79 Å². The number of imide groups is 1. The van der Waals surface area contributed by atoms with Crippen molar-refractivity contribution in [2.45, 2.75) is 13.8 Å². The van der Waals surface area contributed by atoms with Gasteiger partial charge < -0.3 is 5.11 Å². The maximum absolute atomic E-state index is 11.4. The monoisotopic (exact) mass is 221 g/mol. The van der Waals surface area contributed by atoms with Gasteiger partial charge in [0.25, 0.3) is 5.91 Å². The molecule has 1 aromatic rings. The van der Waals surface area contributed by atoms with Crippen LogP contribution in [0.3, 0.4) is 0 Å². The molecule has 1 rings (SSSR count). The topological polar surface area (TPSA) is 83.5 Å². The maximum Gasteiger partial charge on any atom is 0.261 e. The summed E-state index contributed by atoms with van der Waals surface area (Å²) in [5.74, 6) is -1.76. The van der Waals surface area contributed by atoms with Crippen LogP contribution in [0, 0.1) is 0 Å². The molecular weight excluding hydrogens is 210 g/mol. The van der Waals surface area contributed by atoms with Crippen LogP contribution in [-0.4, -0.2) is 22.7 Å². The van der Waals surface area contributed by atoms with Crippen LogP contribution in [0.5, 0.6) is 5.75 Å². The standard InChI is InChI=1S/C11H11NO4/c1-6(13)8-3-4-10(15)9(5-8)11(16)12-7(2)14/h3-5,15H,1-2H3,(H,12,14,16). The highest BCUT2D eigenvalue weighted by atomic mass is 16.3. The first kappa shape index (κ1) is 11.9. The van der Waals surface area contributed by atoms with Gasteiger partial charge in [-0.25, -0.2) is 0 Å². The van der Waals surface area contributed by atoms with Crippen molar-refractivity contribution in [3.8, 4) is 5.75 Å². The Morgan fingerprint density at radius 1 is 1.19 bits per heavy atom. The third kappa shape index (κ3) is 2.66. The molecule has 5 nitrogen and oxygen atoms in total. The van der Waals surface area contributed by atoms with Crippen molar-refractivity contribution in [2.24, 2.45) is 0 Å². The molecule has 0 aliphatic rings. The minimum atomic E-state index is -0.729. The molecule has 0 bridgehead atoms. The first-order valence-electron chi connectivity index (χ1n) is 4.57. The molecule has 84 valence electrons. The van der Waals surface area contributed by atoms with Crippen LogP contribution >= 0.6 is 0 Å². The largest absolute Gasteiger partial charge is 0.507 e. The van der Waals surface area contributed by atoms with Crippen molar-refractivity contribution in [3.05, 3.63) is 29.3 Å². The molecular formula is C11H11NO4. The smallest absolute Gasteiger partial charge is 0.261 e. The number of hydrogen-bond donors (Lipinski definition) is 2. The highest BCUT2D eigenvalue weighted by molar-refractivity contribution is 6.07. The lowest BCUT2D eigenvalue weighted by atomic mass is 10.1. The molecule has 0 atom stereocenters. The molecule has 0 unspecified atom stereocenters. The van der Waals surface area contributed by atoms with E-state index in [4.69, 9.17) is 0 Å². The Hall–Kier alpha value is -2.17. The Balaban J connectivity index is 3.11. The van der Waals surface area contributed by atoms with Gasteiger partial charge in [0.1, 0.15) is 5.75 Å². The Morgan fingerprint density at radius 3 is 2.31 bits per heavy atom. The summed E-state index contributed by atoms with van der Waals surface area (Å²) in [6, 6.07) is 3.89. The molecule has 2 N–H and O–H groups in total. The predicted molar refractivity (Wildman–Crippen MR) is 56.3 cm³/mol. The van der Waals surface area contributed by atoms with Crippen LogP contribution in [0.1, 0.15) is 34.6 Å². The molecule has 0 spiro atoms. The van der Waals surface area contributed by atoms with Crippen molar-refractivity contribution < 1.29 is 19.5 Å². The van der Waals surface area contributed by atoms with Crippen molar-refractivity contribution in [2.75, 3.05) is 0 Å². The first-order valence-corrected chi connectivity index (χ1v) is 4.57. The number of hydrogen-bond acceptors (Lipinski definition) is 4. The van der Waals surface area contributed by atoms with Crippen molar-refractivity contribution in [1.29, 1.82) is 0 Å². The molecule has 0 aliphatic heterocycles. The van der Waals surface area contributed by atoms with E-state index < -0.39 is 11.8 Å². The van der Waals surface area contributed by atoms with Gasteiger partial charge in [0.05, 0.1) is 5.56 Å². The van der Waals surface area contributed by atoms with E-state index in [0.717, 1.165) is 0 Å². The lowest BCUT2D eigenvalue weighted by Crippen LogP contribution is -2.28. The second-order valence-corrected chi connectivity index (χ2v) is 3.30. The summed E-state index contributed by atoms with van der Waals surface area (Å²) in [6.45, 7) is 2.53. The summed E-state index contributed by atoms with van der Waals surface area (Å²) < 4.78 is 0. The lowest BCUT2D eigenvalue weighted by Gasteiger charge is -2.05. The molecule has 0 aliphatic carbocycles. The van der Waals surface area contributed by atoms with E-state index in [0.29, 0.717) is 5.56 Å². The van der Waals surface area contributed by atoms with Crippen LogP contribution in [0.4, 0.5) is 0 Å². The average Bonchev–Trinajstić information content (AvgIpc) is 2.16. The van der Waals surface area contributed by atoms with Crippen LogP contribution < -0.4 is 5.32 Å². The number of rotatable bonds is 2. The molecule has 5 heteroatoms. The molecule has 0 saturated heterocycles. The van der Waals surface area contributed by atoms with Gasteiger partial charge in [0.2, 0.25) is 5.91 Å². The fourth-order valence-electron chi connectivity index (χ4n) is 1.16. The molecule has 2 amide bonds. The Labute approximate surface area is 92.1 Å². The van der Waals surface area contributed by atoms with E-state index >= 15 is 0 Å². The van der Waals surface area contributed by atoms with E-state index in [2.05, 4.69) is 0 Å². The van der Waals surface area contributed by atoms with Crippen LogP contribution in [0.15, 0.2) is 18.2 Å². The van der Waals surface area contributed by atoms with E-state index in [9.17, 15) is 19.5 Å². The summed E-state index contributed by atoms with van der Waals surface area (Å²) in [5.41, 5.74) is 0.203. The zero-order chi connectivity index (χ0) is 12.3. The normalized spacial score (nSPS) is 9.62. The van der Waals surface area contributed by atoms with Crippen molar-refractivity contribution in [3.63, 3.8) is 0 Å². The van der Waals surface area contributed by atoms with E-state index in [-0.39, 0.29) is 17.1 Å². The third-order valence-electron chi connectivity index (χ3n) is 1.94. The fraction of sp³-hybridized carbons (Fsp3) is 0.182.